The van der Waals surface area contributed by atoms with Gasteiger partial charge in [-0.2, -0.15) is 13.2 Å². The average molecular weight is 424 g/mol. The van der Waals surface area contributed by atoms with Crippen LogP contribution in [0.15, 0.2) is 24.5 Å². The van der Waals surface area contributed by atoms with Gasteiger partial charge in [0, 0.05) is 45.2 Å². The third-order valence-electron chi connectivity index (χ3n) is 3.90. The maximum Gasteiger partial charge on any atom is 0.424 e. The van der Waals surface area contributed by atoms with E-state index in [1.807, 2.05) is 0 Å². The summed E-state index contributed by atoms with van der Waals surface area (Å²) < 4.78 is 41.6. The van der Waals surface area contributed by atoms with Crippen molar-refractivity contribution in [3.63, 3.8) is 0 Å². The molecule has 1 atom stereocenters. The molecule has 0 aliphatic rings. The average Bonchev–Trinajstić information content (AvgIpc) is 3.20. The molecule has 0 saturated carbocycles. The van der Waals surface area contributed by atoms with E-state index < -0.39 is 36.5 Å². The molecular weight excluding hydrogens is 407 g/mol. The number of nitrogens with one attached hydrogen (secondary N) is 1. The number of imidazole rings is 1. The summed E-state index contributed by atoms with van der Waals surface area (Å²) in [5.74, 6) is -1.42. The summed E-state index contributed by atoms with van der Waals surface area (Å²) in [6.45, 7) is -0.430. The molecule has 6 nitrogen and oxygen atoms in total. The molecule has 0 aliphatic heterocycles. The highest BCUT2D eigenvalue weighted by atomic mass is 35.5. The van der Waals surface area contributed by atoms with Crippen molar-refractivity contribution in [1.29, 1.82) is 0 Å². The number of aliphatic hydroxyl groups is 1. The predicted octanol–water partition coefficient (Wildman–Crippen LogP) is 3.05. The summed E-state index contributed by atoms with van der Waals surface area (Å²) in [5.41, 5.74) is -3.19. The van der Waals surface area contributed by atoms with Crippen LogP contribution in [0.25, 0.3) is 0 Å². The molecule has 11 heteroatoms. The van der Waals surface area contributed by atoms with Crippen molar-refractivity contribution in [2.75, 3.05) is 6.54 Å². The van der Waals surface area contributed by atoms with Crippen LogP contribution in [0.3, 0.4) is 0 Å². The second kappa shape index (κ2) is 8.41. The highest BCUT2D eigenvalue weighted by Gasteiger charge is 2.57. The Morgan fingerprint density at radius 3 is 2.56 bits per heavy atom. The van der Waals surface area contributed by atoms with E-state index in [4.69, 9.17) is 11.6 Å². The number of Topliss-reactive ketones (excluding diaryl/α,β-unsaturated/α-hetero) is 1. The van der Waals surface area contributed by atoms with Crippen molar-refractivity contribution in [2.45, 2.75) is 31.0 Å². The number of ketones is 1. The number of aryl methyl sites for hydroxylation is 1. The maximum absolute atomic E-state index is 13.3. The first kappa shape index (κ1) is 21.4. The highest BCUT2D eigenvalue weighted by Crippen LogP contribution is 2.40. The molecule has 0 aromatic carbocycles. The fourth-order valence-electron chi connectivity index (χ4n) is 2.43. The number of carbonyl (C=O) groups is 2. The van der Waals surface area contributed by atoms with Crippen LogP contribution in [0.2, 0.25) is 4.34 Å². The van der Waals surface area contributed by atoms with Crippen LogP contribution in [0, 0.1) is 0 Å². The number of hydrogen-bond acceptors (Lipinski definition) is 5. The Morgan fingerprint density at radius 1 is 1.33 bits per heavy atom. The minimum Gasteiger partial charge on any atom is -0.374 e. The number of alkyl halides is 3. The summed E-state index contributed by atoms with van der Waals surface area (Å²) in [4.78, 5) is 27.7. The summed E-state index contributed by atoms with van der Waals surface area (Å²) in [6.07, 6.45) is -3.61. The molecule has 0 spiro atoms. The Hall–Kier alpha value is -1.91. The number of hydrogen-bond donors (Lipinski definition) is 2. The quantitative estimate of drug-likeness (QED) is 0.639. The molecule has 0 saturated heterocycles. The van der Waals surface area contributed by atoms with Gasteiger partial charge in [-0.05, 0) is 12.1 Å². The first-order chi connectivity index (χ1) is 12.5. The van der Waals surface area contributed by atoms with E-state index in [1.54, 1.807) is 12.1 Å². The molecule has 2 aromatic rings. The molecule has 2 N–H and O–H groups in total. The summed E-state index contributed by atoms with van der Waals surface area (Å²) in [7, 11) is 1.33. The van der Waals surface area contributed by atoms with Gasteiger partial charge >= 0.3 is 6.18 Å². The lowest BCUT2D eigenvalue weighted by Gasteiger charge is -2.29. The van der Waals surface area contributed by atoms with Gasteiger partial charge in [-0.1, -0.05) is 11.6 Å². The van der Waals surface area contributed by atoms with Crippen molar-refractivity contribution in [1.82, 2.24) is 14.9 Å². The topological polar surface area (TPSA) is 84.2 Å². The first-order valence-electron chi connectivity index (χ1n) is 7.87. The minimum atomic E-state index is -4.97. The summed E-state index contributed by atoms with van der Waals surface area (Å²) in [6, 6.07) is 3.11. The molecule has 0 aliphatic carbocycles. The molecule has 0 radical (unpaired) electrons. The van der Waals surface area contributed by atoms with Gasteiger partial charge in [0.1, 0.15) is 5.82 Å². The van der Waals surface area contributed by atoms with E-state index in [1.165, 1.54) is 13.2 Å². The third-order valence-corrected chi connectivity index (χ3v) is 5.17. The fraction of sp³-hybridized carbons (Fsp3) is 0.438. The van der Waals surface area contributed by atoms with E-state index in [-0.39, 0.29) is 18.6 Å². The lowest BCUT2D eigenvalue weighted by molar-refractivity contribution is -0.272. The van der Waals surface area contributed by atoms with Gasteiger partial charge in [0.2, 0.25) is 11.5 Å². The Kier molecular flexibility index (Phi) is 6.66. The zero-order valence-electron chi connectivity index (χ0n) is 14.2. The number of amides is 1. The van der Waals surface area contributed by atoms with Gasteiger partial charge in [-0.15, -0.1) is 11.3 Å². The molecule has 2 aromatic heterocycles. The number of aromatic nitrogens is 2. The van der Waals surface area contributed by atoms with E-state index in [0.717, 1.165) is 22.1 Å². The molecule has 2 rings (SSSR count). The molecular formula is C16H17ClF3N3O3S. The minimum absolute atomic E-state index is 0.0917. The van der Waals surface area contributed by atoms with Gasteiger partial charge in [0.25, 0.3) is 0 Å². The van der Waals surface area contributed by atoms with Crippen LogP contribution in [0.1, 0.15) is 34.8 Å². The first-order valence-corrected chi connectivity index (χ1v) is 9.06. The molecule has 1 unspecified atom stereocenters. The number of thiophene rings is 1. The van der Waals surface area contributed by atoms with E-state index >= 15 is 0 Å². The van der Waals surface area contributed by atoms with Crippen LogP contribution >= 0.6 is 22.9 Å². The normalized spacial score (nSPS) is 14.0. The zero-order chi connectivity index (χ0) is 20.2. The highest BCUT2D eigenvalue weighted by molar-refractivity contribution is 7.18. The van der Waals surface area contributed by atoms with Crippen LogP contribution < -0.4 is 5.32 Å². The lowest BCUT2D eigenvalue weighted by Crippen LogP contribution is -2.46. The van der Waals surface area contributed by atoms with E-state index in [2.05, 4.69) is 10.3 Å². The zero-order valence-corrected chi connectivity index (χ0v) is 15.8. The lowest BCUT2D eigenvalue weighted by atomic mass is 9.97. The van der Waals surface area contributed by atoms with Crippen molar-refractivity contribution in [2.24, 2.45) is 7.05 Å². The number of halogens is 4. The molecule has 0 fully saturated rings. The standard InChI is InChI=1S/C16H17ClF3N3O3S/c1-23-9-8-22-14(23)15(26,16(18,19)20)6-7-21-13(25)5-2-10(24)11-3-4-12(17)27-11/h3-4,8-9,26H,2,5-7H2,1H3,(H,21,25). The van der Waals surface area contributed by atoms with Crippen LogP contribution in [-0.4, -0.2) is 39.1 Å². The fourth-order valence-corrected chi connectivity index (χ4v) is 3.44. The monoisotopic (exact) mass is 423 g/mol. The van der Waals surface area contributed by atoms with Crippen LogP contribution in [0.5, 0.6) is 0 Å². The van der Waals surface area contributed by atoms with E-state index in [0.29, 0.717) is 9.21 Å². The summed E-state index contributed by atoms with van der Waals surface area (Å²) >= 11 is 6.82. The van der Waals surface area contributed by atoms with Crippen molar-refractivity contribution in [3.8, 4) is 0 Å². The number of carbonyl (C=O) groups excluding carboxylic acids is 2. The number of nitrogens with zero attached hydrogens (tertiary/aromatic N) is 2. The largest absolute Gasteiger partial charge is 0.424 e. The molecule has 1 amide bonds. The van der Waals surface area contributed by atoms with Crippen molar-refractivity contribution < 1.29 is 27.9 Å². The summed E-state index contributed by atoms with van der Waals surface area (Å²) in [5, 5.41) is 12.4. The molecule has 27 heavy (non-hydrogen) atoms. The smallest absolute Gasteiger partial charge is 0.374 e. The van der Waals surface area contributed by atoms with Gasteiger partial charge in [0.15, 0.2) is 5.78 Å². The Morgan fingerprint density at radius 2 is 2.04 bits per heavy atom. The van der Waals surface area contributed by atoms with Gasteiger partial charge < -0.3 is 15.0 Å². The van der Waals surface area contributed by atoms with Gasteiger partial charge in [-0.3, -0.25) is 9.59 Å². The van der Waals surface area contributed by atoms with Crippen molar-refractivity contribution >= 4 is 34.6 Å². The Bertz CT molecular complexity index is 821. The number of rotatable bonds is 8. The second-order valence-corrected chi connectivity index (χ2v) is 7.56. The van der Waals surface area contributed by atoms with Gasteiger partial charge in [-0.25, -0.2) is 4.98 Å². The molecule has 148 valence electrons. The second-order valence-electron chi connectivity index (χ2n) is 5.85. The van der Waals surface area contributed by atoms with Crippen molar-refractivity contribution in [3.05, 3.63) is 39.6 Å². The van der Waals surface area contributed by atoms with Gasteiger partial charge in [0.05, 0.1) is 9.21 Å². The Labute approximate surface area is 162 Å². The maximum atomic E-state index is 13.3. The third kappa shape index (κ3) is 5.08. The molecule has 0 bridgehead atoms. The predicted molar refractivity (Wildman–Crippen MR) is 93.7 cm³/mol. The molecule has 2 heterocycles. The Balaban J connectivity index is 1.88. The van der Waals surface area contributed by atoms with E-state index in [9.17, 15) is 27.9 Å². The van der Waals surface area contributed by atoms with Crippen LogP contribution in [0.4, 0.5) is 13.2 Å². The van der Waals surface area contributed by atoms with Crippen LogP contribution in [-0.2, 0) is 17.4 Å². The SMILES string of the molecule is Cn1ccnc1C(O)(CCNC(=O)CCC(=O)c1ccc(Cl)s1)C(F)(F)F.